The van der Waals surface area contributed by atoms with Gasteiger partial charge in [0.05, 0.1) is 12.1 Å². The highest BCUT2D eigenvalue weighted by Crippen LogP contribution is 2.21. The van der Waals surface area contributed by atoms with E-state index >= 15 is 0 Å². The molecule has 0 saturated carbocycles. The Morgan fingerprint density at radius 2 is 1.62 bits per heavy atom. The summed E-state index contributed by atoms with van der Waals surface area (Å²) in [5.74, 6) is 0. The van der Waals surface area contributed by atoms with Crippen molar-refractivity contribution < 1.29 is 14.6 Å². The van der Waals surface area contributed by atoms with Crippen molar-refractivity contribution in [2.75, 3.05) is 0 Å². The van der Waals surface area contributed by atoms with Gasteiger partial charge < -0.3 is 15.2 Å². The number of rotatable bonds is 2. The van der Waals surface area contributed by atoms with E-state index in [1.807, 2.05) is 20.8 Å². The first kappa shape index (κ1) is 15.2. The van der Waals surface area contributed by atoms with Gasteiger partial charge in [0.25, 0.3) is 0 Å². The van der Waals surface area contributed by atoms with Gasteiger partial charge in [0.2, 0.25) is 0 Å². The van der Waals surface area contributed by atoms with Gasteiger partial charge in [0, 0.05) is 0 Å². The lowest BCUT2D eigenvalue weighted by Gasteiger charge is -2.31. The molecule has 16 heavy (non-hydrogen) atoms. The van der Waals surface area contributed by atoms with E-state index in [1.54, 1.807) is 27.7 Å². The minimum atomic E-state index is -0.611. The molecular weight excluding hydrogens is 206 g/mol. The number of amides is 1. The molecule has 96 valence electrons. The Balaban J connectivity index is 4.26. The molecule has 1 amide bonds. The van der Waals surface area contributed by atoms with Crippen molar-refractivity contribution in [3.05, 3.63) is 0 Å². The van der Waals surface area contributed by atoms with Crippen molar-refractivity contribution >= 4 is 6.09 Å². The van der Waals surface area contributed by atoms with Crippen molar-refractivity contribution in [3.8, 4) is 0 Å². The van der Waals surface area contributed by atoms with Crippen LogP contribution in [0.4, 0.5) is 4.79 Å². The second kappa shape index (κ2) is 5.04. The fraction of sp³-hybridized carbons (Fsp3) is 0.917. The first-order chi connectivity index (χ1) is 6.93. The van der Waals surface area contributed by atoms with E-state index in [1.165, 1.54) is 0 Å². The van der Waals surface area contributed by atoms with E-state index in [2.05, 4.69) is 5.32 Å². The first-order valence-electron chi connectivity index (χ1n) is 5.61. The second-order valence-electron chi connectivity index (χ2n) is 6.25. The second-order valence-corrected chi connectivity index (χ2v) is 6.25. The number of ether oxygens (including phenoxy) is 1. The molecule has 0 spiro atoms. The van der Waals surface area contributed by atoms with Crippen LogP contribution in [-0.4, -0.2) is 28.9 Å². The van der Waals surface area contributed by atoms with E-state index < -0.39 is 17.8 Å². The Morgan fingerprint density at radius 3 is 1.94 bits per heavy atom. The molecule has 0 heterocycles. The Hall–Kier alpha value is -0.770. The molecule has 2 atom stereocenters. The largest absolute Gasteiger partial charge is 0.444 e. The Kier molecular flexibility index (Phi) is 4.80. The Bertz CT molecular complexity index is 238. The monoisotopic (exact) mass is 231 g/mol. The number of hydrogen-bond donors (Lipinski definition) is 2. The number of nitrogens with one attached hydrogen (secondary N) is 1. The van der Waals surface area contributed by atoms with E-state index in [-0.39, 0.29) is 11.5 Å². The minimum absolute atomic E-state index is 0.269. The van der Waals surface area contributed by atoms with Crippen molar-refractivity contribution in [1.29, 1.82) is 0 Å². The molecule has 4 heteroatoms. The van der Waals surface area contributed by atoms with Crippen LogP contribution >= 0.6 is 0 Å². The molecule has 0 bridgehead atoms. The molecule has 0 fully saturated rings. The molecule has 0 aliphatic rings. The number of hydrogen-bond acceptors (Lipinski definition) is 3. The lowest BCUT2D eigenvalue weighted by atomic mass is 9.85. The van der Waals surface area contributed by atoms with Crippen molar-refractivity contribution in [3.63, 3.8) is 0 Å². The van der Waals surface area contributed by atoms with Crippen molar-refractivity contribution in [2.45, 2.75) is 66.2 Å². The van der Waals surface area contributed by atoms with E-state index in [4.69, 9.17) is 4.74 Å². The number of carbonyl (C=O) groups is 1. The van der Waals surface area contributed by atoms with Gasteiger partial charge in [-0.3, -0.25) is 0 Å². The zero-order chi connectivity index (χ0) is 13.1. The fourth-order valence-corrected chi connectivity index (χ4v) is 1.32. The third kappa shape index (κ3) is 5.95. The predicted octanol–water partition coefficient (Wildman–Crippen LogP) is 2.31. The SMILES string of the molecule is CC(NC(=O)OC(C)(C)C)C(O)C(C)(C)C. The summed E-state index contributed by atoms with van der Waals surface area (Å²) in [4.78, 5) is 11.5. The van der Waals surface area contributed by atoms with Gasteiger partial charge in [-0.1, -0.05) is 20.8 Å². The summed E-state index contributed by atoms with van der Waals surface area (Å²) in [6.07, 6.45) is -1.11. The molecule has 2 N–H and O–H groups in total. The topological polar surface area (TPSA) is 58.6 Å². The van der Waals surface area contributed by atoms with Crippen LogP contribution in [0.15, 0.2) is 0 Å². The number of aliphatic hydroxyl groups is 1. The van der Waals surface area contributed by atoms with Crippen molar-refractivity contribution in [2.24, 2.45) is 5.41 Å². The molecule has 0 saturated heterocycles. The molecule has 2 unspecified atom stereocenters. The average molecular weight is 231 g/mol. The summed E-state index contributed by atoms with van der Waals surface area (Å²) >= 11 is 0. The highest BCUT2D eigenvalue weighted by Gasteiger charge is 2.29. The van der Waals surface area contributed by atoms with Gasteiger partial charge in [0.1, 0.15) is 5.60 Å². The smallest absolute Gasteiger partial charge is 0.407 e. The summed E-state index contributed by atoms with van der Waals surface area (Å²) in [7, 11) is 0. The minimum Gasteiger partial charge on any atom is -0.444 e. The standard InChI is InChI=1S/C12H25NO3/c1-8(9(14)11(2,3)4)13-10(15)16-12(5,6)7/h8-9,14H,1-7H3,(H,13,15). The van der Waals surface area contributed by atoms with E-state index in [0.29, 0.717) is 0 Å². The maximum Gasteiger partial charge on any atom is 0.407 e. The third-order valence-corrected chi connectivity index (χ3v) is 2.11. The lowest BCUT2D eigenvalue weighted by molar-refractivity contribution is 0.0182. The maximum absolute atomic E-state index is 11.5. The van der Waals surface area contributed by atoms with Crippen LogP contribution in [0.1, 0.15) is 48.5 Å². The number of carbonyl (C=O) groups excluding carboxylic acids is 1. The normalized spacial score (nSPS) is 16.5. The van der Waals surface area contributed by atoms with E-state index in [9.17, 15) is 9.90 Å². The zero-order valence-electron chi connectivity index (χ0n) is 11.4. The lowest BCUT2D eigenvalue weighted by Crippen LogP contribution is -2.48. The molecule has 0 rings (SSSR count). The molecule has 0 aromatic carbocycles. The summed E-state index contributed by atoms with van der Waals surface area (Å²) in [6, 6.07) is -0.338. The summed E-state index contributed by atoms with van der Waals surface area (Å²) in [5.41, 5.74) is -0.787. The summed E-state index contributed by atoms with van der Waals surface area (Å²) in [5, 5.41) is 12.6. The predicted molar refractivity (Wildman–Crippen MR) is 64.3 cm³/mol. The Labute approximate surface area is 98.4 Å². The van der Waals surface area contributed by atoms with Crippen molar-refractivity contribution in [1.82, 2.24) is 5.32 Å². The molecule has 0 aromatic heterocycles. The van der Waals surface area contributed by atoms with Crippen LogP contribution in [0.25, 0.3) is 0 Å². The van der Waals surface area contributed by atoms with Gasteiger partial charge in [0.15, 0.2) is 0 Å². The third-order valence-electron chi connectivity index (χ3n) is 2.11. The molecule has 0 aliphatic carbocycles. The molecule has 4 nitrogen and oxygen atoms in total. The van der Waals surface area contributed by atoms with Gasteiger partial charge in [-0.05, 0) is 33.1 Å². The summed E-state index contributed by atoms with van der Waals surface area (Å²) < 4.78 is 5.11. The molecule has 0 aromatic rings. The molecule has 0 aliphatic heterocycles. The quantitative estimate of drug-likeness (QED) is 0.766. The molecular formula is C12H25NO3. The Morgan fingerprint density at radius 1 is 1.19 bits per heavy atom. The first-order valence-corrected chi connectivity index (χ1v) is 5.61. The van der Waals surface area contributed by atoms with Crippen LogP contribution < -0.4 is 5.32 Å². The van der Waals surface area contributed by atoms with Crippen LogP contribution in [0.3, 0.4) is 0 Å². The van der Waals surface area contributed by atoms with Gasteiger partial charge in [-0.15, -0.1) is 0 Å². The average Bonchev–Trinajstić information content (AvgIpc) is 1.96. The fourth-order valence-electron chi connectivity index (χ4n) is 1.32. The maximum atomic E-state index is 11.5. The number of alkyl carbamates (subject to hydrolysis) is 1. The van der Waals surface area contributed by atoms with Gasteiger partial charge in [-0.25, -0.2) is 4.79 Å². The van der Waals surface area contributed by atoms with Crippen LogP contribution in [0.2, 0.25) is 0 Å². The van der Waals surface area contributed by atoms with Gasteiger partial charge >= 0.3 is 6.09 Å². The molecule has 0 radical (unpaired) electrons. The highest BCUT2D eigenvalue weighted by molar-refractivity contribution is 5.68. The summed E-state index contributed by atoms with van der Waals surface area (Å²) in [6.45, 7) is 12.9. The highest BCUT2D eigenvalue weighted by atomic mass is 16.6. The van der Waals surface area contributed by atoms with Crippen LogP contribution in [0, 0.1) is 5.41 Å². The van der Waals surface area contributed by atoms with E-state index in [0.717, 1.165) is 0 Å². The zero-order valence-corrected chi connectivity index (χ0v) is 11.4. The van der Waals surface area contributed by atoms with Crippen LogP contribution in [0.5, 0.6) is 0 Å². The van der Waals surface area contributed by atoms with Crippen LogP contribution in [-0.2, 0) is 4.74 Å². The van der Waals surface area contributed by atoms with Gasteiger partial charge in [-0.2, -0.15) is 0 Å². The number of aliphatic hydroxyl groups excluding tert-OH is 1.